The van der Waals surface area contributed by atoms with Crippen LogP contribution in [0.15, 0.2) is 29.3 Å². The number of guanidine groups is 1. The van der Waals surface area contributed by atoms with Crippen LogP contribution >= 0.6 is 0 Å². The summed E-state index contributed by atoms with van der Waals surface area (Å²) in [4.78, 5) is 8.87. The highest BCUT2D eigenvalue weighted by Crippen LogP contribution is 2.21. The minimum atomic E-state index is -4.06. The molecule has 1 saturated heterocycles. The first-order chi connectivity index (χ1) is 12.4. The number of aryl methyl sites for hydroxylation is 1. The first-order valence-electron chi connectivity index (χ1n) is 9.17. The van der Waals surface area contributed by atoms with E-state index >= 15 is 0 Å². The third-order valence-corrected chi connectivity index (χ3v) is 4.54. The van der Waals surface area contributed by atoms with Crippen molar-refractivity contribution in [1.29, 1.82) is 0 Å². The van der Waals surface area contributed by atoms with Gasteiger partial charge in [-0.05, 0) is 25.3 Å². The van der Waals surface area contributed by atoms with Crippen molar-refractivity contribution in [1.82, 2.24) is 15.1 Å². The number of aliphatic imine (C=N–C) groups is 1. The van der Waals surface area contributed by atoms with Crippen molar-refractivity contribution in [2.75, 3.05) is 39.8 Å². The largest absolute Gasteiger partial charge is 0.389 e. The molecule has 1 aromatic rings. The summed E-state index contributed by atoms with van der Waals surface area (Å²) < 4.78 is 36.5. The van der Waals surface area contributed by atoms with E-state index in [1.807, 2.05) is 0 Å². The van der Waals surface area contributed by atoms with E-state index in [0.717, 1.165) is 38.7 Å². The first-order valence-corrected chi connectivity index (χ1v) is 9.17. The normalized spacial score (nSPS) is 16.8. The summed E-state index contributed by atoms with van der Waals surface area (Å²) >= 11 is 0. The molecular formula is C19H29F3N4. The summed E-state index contributed by atoms with van der Waals surface area (Å²) in [5.41, 5.74) is 2.60. The molecule has 0 unspecified atom stereocenters. The minimum absolute atomic E-state index is 0.151. The molecular weight excluding hydrogens is 341 g/mol. The Bertz CT molecular complexity index is 578. The highest BCUT2D eigenvalue weighted by atomic mass is 19.4. The minimum Gasteiger partial charge on any atom is -0.356 e. The Morgan fingerprint density at radius 1 is 1.15 bits per heavy atom. The average Bonchev–Trinajstić information content (AvgIpc) is 2.58. The standard InChI is InChI=1S/C19H29F3N4/c1-16-6-5-7-17(14-16)15-25-10-12-26(13-11-25)18(23-2)24-9-4-3-8-19(20,21)22/h5-7,14H,3-4,8-13,15H2,1-2H3,(H,23,24). The maximum absolute atomic E-state index is 12.2. The van der Waals surface area contributed by atoms with Crippen LogP contribution in [0.4, 0.5) is 13.2 Å². The summed E-state index contributed by atoms with van der Waals surface area (Å²) in [6, 6.07) is 8.56. The van der Waals surface area contributed by atoms with Gasteiger partial charge in [-0.3, -0.25) is 9.89 Å². The smallest absolute Gasteiger partial charge is 0.356 e. The number of hydrogen-bond acceptors (Lipinski definition) is 2. The molecule has 0 amide bonds. The molecule has 1 aromatic carbocycles. The van der Waals surface area contributed by atoms with Gasteiger partial charge in [-0.15, -0.1) is 0 Å². The first kappa shape index (κ1) is 20.6. The number of nitrogens with one attached hydrogen (secondary N) is 1. The second kappa shape index (κ2) is 9.80. The molecule has 4 nitrogen and oxygen atoms in total. The quantitative estimate of drug-likeness (QED) is 0.473. The summed E-state index contributed by atoms with van der Waals surface area (Å²) in [5.74, 6) is 0.784. The van der Waals surface area contributed by atoms with Crippen LogP contribution in [0.3, 0.4) is 0 Å². The second-order valence-electron chi connectivity index (χ2n) is 6.80. The lowest BCUT2D eigenvalue weighted by Crippen LogP contribution is -2.52. The van der Waals surface area contributed by atoms with Crippen molar-refractivity contribution in [2.45, 2.75) is 38.9 Å². The summed E-state index contributed by atoms with van der Waals surface area (Å²) in [6.07, 6.45) is -4.14. The van der Waals surface area contributed by atoms with Crippen molar-refractivity contribution in [2.24, 2.45) is 4.99 Å². The van der Waals surface area contributed by atoms with E-state index in [2.05, 4.69) is 51.3 Å². The van der Waals surface area contributed by atoms with Crippen molar-refractivity contribution >= 4 is 5.96 Å². The zero-order valence-electron chi connectivity index (χ0n) is 15.6. The van der Waals surface area contributed by atoms with Gasteiger partial charge in [-0.1, -0.05) is 29.8 Å². The summed E-state index contributed by atoms with van der Waals surface area (Å²) in [7, 11) is 1.72. The van der Waals surface area contributed by atoms with Crippen LogP contribution in [0.2, 0.25) is 0 Å². The van der Waals surface area contributed by atoms with Crippen molar-refractivity contribution < 1.29 is 13.2 Å². The van der Waals surface area contributed by atoms with Crippen LogP contribution in [0, 0.1) is 6.92 Å². The Morgan fingerprint density at radius 3 is 2.50 bits per heavy atom. The lowest BCUT2D eigenvalue weighted by molar-refractivity contribution is -0.135. The molecule has 2 rings (SSSR count). The molecule has 0 atom stereocenters. The van der Waals surface area contributed by atoms with Crippen LogP contribution in [-0.2, 0) is 6.54 Å². The molecule has 1 aliphatic heterocycles. The molecule has 7 heteroatoms. The van der Waals surface area contributed by atoms with Gasteiger partial charge in [-0.2, -0.15) is 13.2 Å². The SMILES string of the molecule is CN=C(NCCCCC(F)(F)F)N1CCN(Cc2cccc(C)c2)CC1. The number of piperazine rings is 1. The molecule has 0 spiro atoms. The van der Waals surface area contributed by atoms with E-state index in [0.29, 0.717) is 13.0 Å². The average molecular weight is 370 g/mol. The van der Waals surface area contributed by atoms with Gasteiger partial charge < -0.3 is 10.2 Å². The van der Waals surface area contributed by atoms with Gasteiger partial charge in [0.15, 0.2) is 5.96 Å². The fourth-order valence-electron chi connectivity index (χ4n) is 3.17. The van der Waals surface area contributed by atoms with E-state index in [-0.39, 0.29) is 6.42 Å². The molecule has 0 aliphatic carbocycles. The molecule has 0 bridgehead atoms. The molecule has 146 valence electrons. The Hall–Kier alpha value is -1.76. The monoisotopic (exact) mass is 370 g/mol. The molecule has 1 fully saturated rings. The molecule has 1 N–H and O–H groups in total. The molecule has 1 aliphatic rings. The van der Waals surface area contributed by atoms with E-state index in [1.54, 1.807) is 7.05 Å². The fourth-order valence-corrected chi connectivity index (χ4v) is 3.17. The second-order valence-corrected chi connectivity index (χ2v) is 6.80. The number of unbranched alkanes of at least 4 members (excludes halogenated alkanes) is 1. The third kappa shape index (κ3) is 7.23. The summed E-state index contributed by atoms with van der Waals surface area (Å²) in [5, 5.41) is 3.19. The number of alkyl halides is 3. The molecule has 26 heavy (non-hydrogen) atoms. The van der Waals surface area contributed by atoms with Gasteiger partial charge in [-0.25, -0.2) is 0 Å². The van der Waals surface area contributed by atoms with E-state index < -0.39 is 12.6 Å². The van der Waals surface area contributed by atoms with Gasteiger partial charge in [0, 0.05) is 52.7 Å². The van der Waals surface area contributed by atoms with Crippen LogP contribution < -0.4 is 5.32 Å². The van der Waals surface area contributed by atoms with Gasteiger partial charge >= 0.3 is 6.18 Å². The number of rotatable bonds is 6. The van der Waals surface area contributed by atoms with Gasteiger partial charge in [0.25, 0.3) is 0 Å². The Balaban J connectivity index is 1.70. The lowest BCUT2D eigenvalue weighted by atomic mass is 10.1. The molecule has 0 aromatic heterocycles. The predicted molar refractivity (Wildman–Crippen MR) is 99.3 cm³/mol. The van der Waals surface area contributed by atoms with E-state index in [9.17, 15) is 13.2 Å². The van der Waals surface area contributed by atoms with Crippen molar-refractivity contribution in [3.8, 4) is 0 Å². The van der Waals surface area contributed by atoms with Crippen LogP contribution in [0.1, 0.15) is 30.4 Å². The lowest BCUT2D eigenvalue weighted by Gasteiger charge is -2.36. The predicted octanol–water partition coefficient (Wildman–Crippen LogP) is 3.42. The van der Waals surface area contributed by atoms with Crippen molar-refractivity contribution in [3.63, 3.8) is 0 Å². The van der Waals surface area contributed by atoms with E-state index in [1.165, 1.54) is 11.1 Å². The van der Waals surface area contributed by atoms with E-state index in [4.69, 9.17) is 0 Å². The summed E-state index contributed by atoms with van der Waals surface area (Å²) in [6.45, 7) is 7.20. The highest BCUT2D eigenvalue weighted by Gasteiger charge is 2.26. The number of nitrogens with zero attached hydrogens (tertiary/aromatic N) is 3. The maximum Gasteiger partial charge on any atom is 0.389 e. The van der Waals surface area contributed by atoms with Crippen LogP contribution in [0.25, 0.3) is 0 Å². The van der Waals surface area contributed by atoms with Crippen LogP contribution in [-0.4, -0.2) is 61.7 Å². The zero-order valence-corrected chi connectivity index (χ0v) is 15.6. The number of hydrogen-bond donors (Lipinski definition) is 1. The third-order valence-electron chi connectivity index (χ3n) is 4.54. The fraction of sp³-hybridized carbons (Fsp3) is 0.632. The van der Waals surface area contributed by atoms with Gasteiger partial charge in [0.05, 0.1) is 0 Å². The van der Waals surface area contributed by atoms with Gasteiger partial charge in [0.1, 0.15) is 0 Å². The highest BCUT2D eigenvalue weighted by molar-refractivity contribution is 5.79. The maximum atomic E-state index is 12.2. The topological polar surface area (TPSA) is 30.9 Å². The Morgan fingerprint density at radius 2 is 1.88 bits per heavy atom. The van der Waals surface area contributed by atoms with Crippen LogP contribution in [0.5, 0.6) is 0 Å². The Labute approximate surface area is 154 Å². The van der Waals surface area contributed by atoms with Crippen molar-refractivity contribution in [3.05, 3.63) is 35.4 Å². The number of benzene rings is 1. The zero-order chi connectivity index (χ0) is 19.0. The molecule has 0 saturated carbocycles. The number of halogens is 3. The van der Waals surface area contributed by atoms with Gasteiger partial charge in [0.2, 0.25) is 0 Å². The Kier molecular flexibility index (Phi) is 7.75. The molecule has 0 radical (unpaired) electrons. The molecule has 1 heterocycles.